The average Bonchev–Trinajstić information content (AvgIpc) is 2.78. The monoisotopic (exact) mass is 457 g/mol. The summed E-state index contributed by atoms with van der Waals surface area (Å²) < 4.78 is 28.5. The van der Waals surface area contributed by atoms with Crippen molar-refractivity contribution >= 4 is 11.8 Å². The van der Waals surface area contributed by atoms with Crippen LogP contribution in [0.2, 0.25) is 0 Å². The zero-order valence-electron chi connectivity index (χ0n) is 18.0. The normalized spacial score (nSPS) is 24.0. The lowest BCUT2D eigenvalue weighted by Crippen LogP contribution is -2.54. The van der Waals surface area contributed by atoms with E-state index in [0.717, 1.165) is 38.2 Å². The molecule has 7 nitrogen and oxygen atoms in total. The molecule has 3 fully saturated rings. The molecule has 4 heterocycles. The van der Waals surface area contributed by atoms with E-state index in [1.165, 1.54) is 16.8 Å². The minimum atomic E-state index is -0.946. The Balaban J connectivity index is 1.44. The molecule has 2 bridgehead atoms. The standard InChI is InChI=1S/C24H25F2N3O4/c25-16-6-5-15(18(26)9-16)10-27-23(32)17-11-28-12-19-14-3-1-13(2-4-14)7-8-29(19)24(33)20(28)22(31)21(17)30/h5-6,9,11,13-14,19,31H,1-4,7-8,10,12H2,(H,27,32). The van der Waals surface area contributed by atoms with Gasteiger partial charge in [0.25, 0.3) is 11.8 Å². The third-order valence-corrected chi connectivity index (χ3v) is 7.42. The zero-order valence-corrected chi connectivity index (χ0v) is 18.0. The molecule has 0 spiro atoms. The van der Waals surface area contributed by atoms with Crippen LogP contribution in [0.25, 0.3) is 0 Å². The Morgan fingerprint density at radius 1 is 1.12 bits per heavy atom. The number of aromatic hydroxyl groups is 1. The van der Waals surface area contributed by atoms with Gasteiger partial charge in [0.1, 0.15) is 17.2 Å². The maximum atomic E-state index is 13.9. The topological polar surface area (TPSA) is 91.6 Å². The molecule has 1 aromatic heterocycles. The van der Waals surface area contributed by atoms with Crippen molar-refractivity contribution in [2.24, 2.45) is 11.8 Å². The molecule has 3 aliphatic heterocycles. The van der Waals surface area contributed by atoms with E-state index in [1.807, 2.05) is 0 Å². The lowest BCUT2D eigenvalue weighted by molar-refractivity contribution is 0.0280. The molecule has 2 N–H and O–H groups in total. The van der Waals surface area contributed by atoms with E-state index < -0.39 is 28.7 Å². The third-order valence-electron chi connectivity index (χ3n) is 7.42. The van der Waals surface area contributed by atoms with Crippen molar-refractivity contribution in [1.29, 1.82) is 0 Å². The number of hydrogen-bond acceptors (Lipinski definition) is 4. The van der Waals surface area contributed by atoms with Gasteiger partial charge in [0.05, 0.1) is 6.04 Å². The molecule has 174 valence electrons. The lowest BCUT2D eigenvalue weighted by Gasteiger charge is -2.47. The van der Waals surface area contributed by atoms with Crippen LogP contribution in [0.4, 0.5) is 8.78 Å². The summed E-state index contributed by atoms with van der Waals surface area (Å²) in [6.07, 6.45) is 6.61. The van der Waals surface area contributed by atoms with Gasteiger partial charge in [-0.3, -0.25) is 14.4 Å². The van der Waals surface area contributed by atoms with E-state index in [-0.39, 0.29) is 35.3 Å². The minimum Gasteiger partial charge on any atom is -0.503 e. The Bertz CT molecular complexity index is 1190. The largest absolute Gasteiger partial charge is 0.503 e. The molecule has 9 heteroatoms. The average molecular weight is 457 g/mol. The van der Waals surface area contributed by atoms with Crippen molar-refractivity contribution in [2.75, 3.05) is 6.54 Å². The summed E-state index contributed by atoms with van der Waals surface area (Å²) in [5.41, 5.74) is -1.30. The summed E-state index contributed by atoms with van der Waals surface area (Å²) in [5.74, 6) is -2.52. The number of rotatable bonds is 3. The highest BCUT2D eigenvalue weighted by atomic mass is 19.1. The highest BCUT2D eigenvalue weighted by Gasteiger charge is 2.42. The second-order valence-electron chi connectivity index (χ2n) is 9.28. The van der Waals surface area contributed by atoms with Crippen LogP contribution in [0.1, 0.15) is 58.5 Å². The van der Waals surface area contributed by atoms with Crippen molar-refractivity contribution < 1.29 is 23.5 Å². The number of halogens is 2. The van der Waals surface area contributed by atoms with Gasteiger partial charge in [0.2, 0.25) is 5.43 Å². The smallest absolute Gasteiger partial charge is 0.274 e. The van der Waals surface area contributed by atoms with Crippen LogP contribution in [0.3, 0.4) is 0 Å². The number of aromatic nitrogens is 1. The zero-order chi connectivity index (χ0) is 23.3. The van der Waals surface area contributed by atoms with Gasteiger partial charge in [0, 0.05) is 37.5 Å². The highest BCUT2D eigenvalue weighted by Crippen LogP contribution is 2.40. The molecule has 1 aliphatic carbocycles. The van der Waals surface area contributed by atoms with Crippen LogP contribution in [0, 0.1) is 23.5 Å². The van der Waals surface area contributed by atoms with Gasteiger partial charge in [-0.05, 0) is 37.2 Å². The number of benzene rings is 1. The molecule has 2 aromatic rings. The Morgan fingerprint density at radius 3 is 2.61 bits per heavy atom. The fraction of sp³-hybridized carbons (Fsp3) is 0.458. The summed E-state index contributed by atoms with van der Waals surface area (Å²) in [5, 5.41) is 13.0. The molecular weight excluding hydrogens is 432 g/mol. The van der Waals surface area contributed by atoms with Gasteiger partial charge >= 0.3 is 0 Å². The fourth-order valence-electron chi connectivity index (χ4n) is 5.56. The second-order valence-corrected chi connectivity index (χ2v) is 9.28. The van der Waals surface area contributed by atoms with Crippen LogP contribution >= 0.6 is 0 Å². The number of nitrogens with zero attached hydrogens (tertiary/aromatic N) is 2. The maximum Gasteiger partial charge on any atom is 0.274 e. The van der Waals surface area contributed by atoms with Gasteiger partial charge < -0.3 is 19.9 Å². The predicted molar refractivity (Wildman–Crippen MR) is 115 cm³/mol. The van der Waals surface area contributed by atoms with Crippen LogP contribution < -0.4 is 10.7 Å². The van der Waals surface area contributed by atoms with Gasteiger partial charge in [0.15, 0.2) is 11.4 Å². The summed E-state index contributed by atoms with van der Waals surface area (Å²) in [6, 6.07) is 2.95. The summed E-state index contributed by atoms with van der Waals surface area (Å²) >= 11 is 0. The van der Waals surface area contributed by atoms with Crippen molar-refractivity contribution in [2.45, 2.75) is 51.2 Å². The first-order valence-electron chi connectivity index (χ1n) is 11.3. The van der Waals surface area contributed by atoms with E-state index in [4.69, 9.17) is 0 Å². The fourth-order valence-corrected chi connectivity index (χ4v) is 5.56. The number of fused-ring (bicyclic) bond motifs is 4. The minimum absolute atomic E-state index is 0.0441. The Hall–Kier alpha value is -3.23. The number of amides is 2. The first kappa shape index (κ1) is 21.6. The first-order valence-corrected chi connectivity index (χ1v) is 11.3. The molecule has 0 radical (unpaired) electrons. The Kier molecular flexibility index (Phi) is 5.42. The summed E-state index contributed by atoms with van der Waals surface area (Å²) in [6.45, 7) is 0.742. The highest BCUT2D eigenvalue weighted by molar-refractivity contribution is 5.99. The van der Waals surface area contributed by atoms with Gasteiger partial charge in [-0.1, -0.05) is 18.9 Å². The quantitative estimate of drug-likeness (QED) is 0.742. The molecule has 1 atom stereocenters. The van der Waals surface area contributed by atoms with Gasteiger partial charge in [-0.25, -0.2) is 8.78 Å². The van der Waals surface area contributed by atoms with Crippen molar-refractivity contribution in [3.8, 4) is 5.75 Å². The van der Waals surface area contributed by atoms with E-state index in [2.05, 4.69) is 5.32 Å². The molecule has 1 saturated carbocycles. The van der Waals surface area contributed by atoms with Crippen molar-refractivity contribution in [3.63, 3.8) is 0 Å². The molecule has 33 heavy (non-hydrogen) atoms. The molecule has 1 aromatic carbocycles. The summed E-state index contributed by atoms with van der Waals surface area (Å²) in [7, 11) is 0. The number of nitrogens with one attached hydrogen (secondary N) is 1. The van der Waals surface area contributed by atoms with Gasteiger partial charge in [-0.2, -0.15) is 0 Å². The number of carbonyl (C=O) groups is 2. The van der Waals surface area contributed by atoms with Gasteiger partial charge in [-0.15, -0.1) is 0 Å². The number of pyridine rings is 1. The molecule has 6 rings (SSSR count). The van der Waals surface area contributed by atoms with Crippen molar-refractivity contribution in [1.82, 2.24) is 14.8 Å². The second kappa shape index (κ2) is 8.28. The molecule has 2 amide bonds. The van der Waals surface area contributed by atoms with Crippen LogP contribution in [0.15, 0.2) is 29.2 Å². The van der Waals surface area contributed by atoms with Crippen molar-refractivity contribution in [3.05, 3.63) is 63.1 Å². The molecule has 1 unspecified atom stereocenters. The Labute approximate surface area is 189 Å². The lowest BCUT2D eigenvalue weighted by atomic mass is 9.74. The SMILES string of the molecule is O=C(NCc1ccc(F)cc1F)c1cn2c(c(O)c1=O)C(=O)N1CCC3CCC(CC3)C1C2. The third kappa shape index (κ3) is 3.79. The predicted octanol–water partition coefficient (Wildman–Crippen LogP) is 2.80. The molecular formula is C24H25F2N3O4. The maximum absolute atomic E-state index is 13.9. The molecule has 4 aliphatic rings. The number of hydrogen-bond donors (Lipinski definition) is 2. The van der Waals surface area contributed by atoms with E-state index in [1.54, 1.807) is 4.90 Å². The van der Waals surface area contributed by atoms with E-state index in [0.29, 0.717) is 31.0 Å². The van der Waals surface area contributed by atoms with Crippen LogP contribution in [-0.2, 0) is 13.1 Å². The van der Waals surface area contributed by atoms with Crippen LogP contribution in [0.5, 0.6) is 5.75 Å². The van der Waals surface area contributed by atoms with E-state index >= 15 is 0 Å². The summed E-state index contributed by atoms with van der Waals surface area (Å²) in [4.78, 5) is 40.5. The number of carbonyl (C=O) groups excluding carboxylic acids is 2. The Morgan fingerprint density at radius 2 is 1.88 bits per heavy atom. The molecule has 2 saturated heterocycles. The van der Waals surface area contributed by atoms with Crippen LogP contribution in [-0.4, -0.2) is 39.0 Å². The van der Waals surface area contributed by atoms with E-state index in [9.17, 15) is 28.3 Å². The first-order chi connectivity index (χ1) is 15.8.